The maximum Gasteiger partial charge on any atom is 0.339 e. The van der Waals surface area contributed by atoms with Crippen molar-refractivity contribution in [3.8, 4) is 5.75 Å². The van der Waals surface area contributed by atoms with Crippen molar-refractivity contribution in [2.75, 3.05) is 0 Å². The van der Waals surface area contributed by atoms with Crippen molar-refractivity contribution in [1.82, 2.24) is 4.98 Å². The van der Waals surface area contributed by atoms with Gasteiger partial charge in [0.1, 0.15) is 16.9 Å². The van der Waals surface area contributed by atoms with Crippen LogP contribution in [0.15, 0.2) is 18.2 Å². The van der Waals surface area contributed by atoms with Gasteiger partial charge >= 0.3 is 5.97 Å². The van der Waals surface area contributed by atoms with Crippen molar-refractivity contribution in [3.63, 3.8) is 0 Å². The lowest BCUT2D eigenvalue weighted by atomic mass is 9.89. The fourth-order valence-corrected chi connectivity index (χ4v) is 4.61. The number of hydrogen-bond donors (Lipinski definition) is 1. The van der Waals surface area contributed by atoms with E-state index in [0.29, 0.717) is 22.9 Å². The smallest absolute Gasteiger partial charge is 0.339 e. The Kier molecular flexibility index (Phi) is 7.12. The fourth-order valence-electron chi connectivity index (χ4n) is 4.61. The minimum atomic E-state index is -0.606. The molecule has 0 radical (unpaired) electrons. The quantitative estimate of drug-likeness (QED) is 0.318. The van der Waals surface area contributed by atoms with Crippen molar-refractivity contribution in [2.24, 2.45) is 0 Å². The number of phenols is 1. The average Bonchev–Trinajstić information content (AvgIpc) is 2.74. The molecule has 0 atom stereocenters. The topological polar surface area (TPSA) is 59.4 Å². The van der Waals surface area contributed by atoms with Crippen LogP contribution in [-0.4, -0.2) is 21.7 Å². The second kappa shape index (κ2) is 9.48. The van der Waals surface area contributed by atoms with Crippen LogP contribution in [0, 0.1) is 0 Å². The van der Waals surface area contributed by atoms with Crippen molar-refractivity contribution < 1.29 is 14.6 Å². The average molecular weight is 436 g/mol. The Morgan fingerprint density at radius 1 is 0.969 bits per heavy atom. The van der Waals surface area contributed by atoms with Crippen LogP contribution < -0.4 is 0 Å². The highest BCUT2D eigenvalue weighted by molar-refractivity contribution is 6.10. The molecule has 32 heavy (non-hydrogen) atoms. The van der Waals surface area contributed by atoms with Crippen molar-refractivity contribution >= 4 is 27.8 Å². The molecule has 4 nitrogen and oxygen atoms in total. The summed E-state index contributed by atoms with van der Waals surface area (Å²) in [5.41, 5.74) is 5.55. The number of phenolic OH excluding ortho intramolecular Hbond substituents is 1. The lowest BCUT2D eigenvalue weighted by Gasteiger charge is -2.23. The molecule has 0 aliphatic rings. The Bertz CT molecular complexity index is 1160. The van der Waals surface area contributed by atoms with Crippen LogP contribution in [0.2, 0.25) is 0 Å². The van der Waals surface area contributed by atoms with Gasteiger partial charge in [0, 0.05) is 10.8 Å². The van der Waals surface area contributed by atoms with Gasteiger partial charge in [-0.15, -0.1) is 0 Å². The lowest BCUT2D eigenvalue weighted by molar-refractivity contribution is 0.00705. The van der Waals surface area contributed by atoms with E-state index < -0.39 is 5.60 Å². The number of hydrogen-bond acceptors (Lipinski definition) is 4. The minimum Gasteiger partial charge on any atom is -0.505 e. The summed E-state index contributed by atoms with van der Waals surface area (Å²) in [6, 6.07) is 6.25. The monoisotopic (exact) mass is 435 g/mol. The predicted molar refractivity (Wildman–Crippen MR) is 133 cm³/mol. The summed E-state index contributed by atoms with van der Waals surface area (Å²) in [5.74, 6) is -0.142. The summed E-state index contributed by atoms with van der Waals surface area (Å²) < 4.78 is 5.84. The first-order valence-electron chi connectivity index (χ1n) is 12.0. The molecule has 0 unspecified atom stereocenters. The van der Waals surface area contributed by atoms with E-state index in [1.807, 2.05) is 33.8 Å². The molecule has 0 bridgehead atoms. The van der Waals surface area contributed by atoms with E-state index >= 15 is 0 Å². The molecular weight excluding hydrogens is 398 g/mol. The number of esters is 1. The van der Waals surface area contributed by atoms with Crippen LogP contribution in [0.4, 0.5) is 0 Å². The van der Waals surface area contributed by atoms with Gasteiger partial charge in [0.2, 0.25) is 0 Å². The Morgan fingerprint density at radius 2 is 1.66 bits per heavy atom. The van der Waals surface area contributed by atoms with Crippen LogP contribution in [0.25, 0.3) is 21.8 Å². The van der Waals surface area contributed by atoms with Gasteiger partial charge in [-0.1, -0.05) is 46.2 Å². The molecule has 0 saturated carbocycles. The Labute approximate surface area is 192 Å². The number of nitrogens with zero attached hydrogens (tertiary/aromatic N) is 1. The van der Waals surface area contributed by atoms with Crippen molar-refractivity contribution in [3.05, 3.63) is 46.0 Å². The number of carbonyl (C=O) groups is 1. The van der Waals surface area contributed by atoms with Crippen LogP contribution in [-0.2, 0) is 30.4 Å². The molecule has 1 N–H and O–H groups in total. The molecule has 0 spiro atoms. The van der Waals surface area contributed by atoms with Crippen LogP contribution in [0.5, 0.6) is 5.75 Å². The summed E-state index contributed by atoms with van der Waals surface area (Å²) in [6.45, 7) is 14.1. The maximum absolute atomic E-state index is 13.5. The van der Waals surface area contributed by atoms with E-state index in [1.165, 1.54) is 11.1 Å². The predicted octanol–water partition coefficient (Wildman–Crippen LogP) is 7.08. The molecule has 3 rings (SSSR count). The first-order chi connectivity index (χ1) is 15.2. The molecule has 4 heteroatoms. The number of rotatable bonds is 7. The minimum absolute atomic E-state index is 0.201. The Hall–Kier alpha value is -2.62. The third kappa shape index (κ3) is 4.46. The third-order valence-electron chi connectivity index (χ3n) is 6.11. The van der Waals surface area contributed by atoms with Gasteiger partial charge in [0.15, 0.2) is 0 Å². The number of pyridine rings is 1. The molecule has 172 valence electrons. The maximum atomic E-state index is 13.5. The van der Waals surface area contributed by atoms with Crippen LogP contribution >= 0.6 is 0 Å². The normalized spacial score (nSPS) is 12.0. The second-order valence-electron chi connectivity index (χ2n) is 9.51. The molecule has 1 heterocycles. The summed E-state index contributed by atoms with van der Waals surface area (Å²) in [4.78, 5) is 18.4. The van der Waals surface area contributed by atoms with Crippen LogP contribution in [0.3, 0.4) is 0 Å². The molecule has 2 aromatic carbocycles. The first kappa shape index (κ1) is 24.0. The van der Waals surface area contributed by atoms with Crippen LogP contribution in [0.1, 0.15) is 93.9 Å². The molecule has 0 fully saturated rings. The number of ether oxygens (including phenoxy) is 1. The van der Waals surface area contributed by atoms with E-state index in [0.717, 1.165) is 54.1 Å². The number of benzene rings is 2. The van der Waals surface area contributed by atoms with Crippen molar-refractivity contribution in [2.45, 2.75) is 92.6 Å². The highest BCUT2D eigenvalue weighted by Crippen LogP contribution is 2.39. The Balaban J connectivity index is 2.46. The number of aromatic nitrogens is 1. The van der Waals surface area contributed by atoms with Gasteiger partial charge in [-0.2, -0.15) is 0 Å². The van der Waals surface area contributed by atoms with Gasteiger partial charge in [0.05, 0.1) is 11.1 Å². The van der Waals surface area contributed by atoms with E-state index in [1.54, 1.807) is 0 Å². The van der Waals surface area contributed by atoms with E-state index in [-0.39, 0.29) is 11.7 Å². The zero-order valence-electron chi connectivity index (χ0n) is 20.7. The number of aromatic hydroxyl groups is 1. The fraction of sp³-hybridized carbons (Fsp3) is 0.500. The summed E-state index contributed by atoms with van der Waals surface area (Å²) in [7, 11) is 0. The number of aryl methyl sites for hydroxylation is 2. The SMILES string of the molecule is CCCCc1c(CC)c(O)c2nc3c(CC)c(CC)ccc3cc2c1C(=O)OC(C)(C)C. The number of fused-ring (bicyclic) bond motifs is 2. The summed E-state index contributed by atoms with van der Waals surface area (Å²) in [6.07, 6.45) is 5.11. The summed E-state index contributed by atoms with van der Waals surface area (Å²) >= 11 is 0. The molecule has 0 saturated heterocycles. The van der Waals surface area contributed by atoms with Crippen molar-refractivity contribution in [1.29, 1.82) is 0 Å². The van der Waals surface area contributed by atoms with Gasteiger partial charge in [-0.3, -0.25) is 0 Å². The zero-order valence-corrected chi connectivity index (χ0v) is 20.7. The number of carbonyl (C=O) groups excluding carboxylic acids is 1. The van der Waals surface area contributed by atoms with E-state index in [9.17, 15) is 9.90 Å². The van der Waals surface area contributed by atoms with Gasteiger partial charge in [-0.25, -0.2) is 9.78 Å². The highest BCUT2D eigenvalue weighted by atomic mass is 16.6. The van der Waals surface area contributed by atoms with E-state index in [2.05, 4.69) is 32.9 Å². The molecular formula is C28H37NO3. The Morgan fingerprint density at radius 3 is 2.22 bits per heavy atom. The van der Waals surface area contributed by atoms with E-state index in [4.69, 9.17) is 9.72 Å². The zero-order chi connectivity index (χ0) is 23.6. The summed E-state index contributed by atoms with van der Waals surface area (Å²) in [5, 5.41) is 13.0. The first-order valence-corrected chi connectivity index (χ1v) is 12.0. The molecule has 0 aliphatic heterocycles. The molecule has 0 aliphatic carbocycles. The largest absolute Gasteiger partial charge is 0.505 e. The highest BCUT2D eigenvalue weighted by Gasteiger charge is 2.27. The van der Waals surface area contributed by atoms with Gasteiger partial charge < -0.3 is 9.84 Å². The second-order valence-corrected chi connectivity index (χ2v) is 9.51. The molecule has 3 aromatic rings. The number of unbranched alkanes of at least 4 members (excludes halogenated alkanes) is 1. The third-order valence-corrected chi connectivity index (χ3v) is 6.11. The molecule has 1 aromatic heterocycles. The standard InChI is InChI=1S/C28H37NO3/c1-8-12-13-21-20(11-4)26(30)25-22(23(21)27(31)32-28(5,6)7)16-18-15-14-17(9-2)19(10-3)24(18)29-25/h14-16,30H,8-13H2,1-7H3. The van der Waals surface area contributed by atoms with Gasteiger partial charge in [0.25, 0.3) is 0 Å². The lowest BCUT2D eigenvalue weighted by Crippen LogP contribution is -2.25. The van der Waals surface area contributed by atoms with Gasteiger partial charge in [-0.05, 0) is 81.2 Å². The molecule has 0 amide bonds.